The van der Waals surface area contributed by atoms with E-state index in [1.807, 2.05) is 53.9 Å². The summed E-state index contributed by atoms with van der Waals surface area (Å²) in [7, 11) is 0. The predicted octanol–water partition coefficient (Wildman–Crippen LogP) is 6.27. The SMILES string of the molecule is O=C(c1cccs1)C1C(c2ccco2)C2CCCN2C12c1ccccc1-c1nc3ccccc3nc12. The molecular weight excluding hydrogens is 466 g/mol. The molecule has 6 heteroatoms. The molecular formula is C30H23N3O2S. The number of Topliss-reactive ketones (excluding diaryl/α,β-unsaturated/α-hetero) is 1. The first-order valence-corrected chi connectivity index (χ1v) is 13.4. The molecule has 1 spiro atoms. The predicted molar refractivity (Wildman–Crippen MR) is 139 cm³/mol. The summed E-state index contributed by atoms with van der Waals surface area (Å²) in [4.78, 5) is 28.4. The van der Waals surface area contributed by atoms with Crippen LogP contribution in [0.5, 0.6) is 0 Å². The van der Waals surface area contributed by atoms with E-state index < -0.39 is 5.54 Å². The van der Waals surface area contributed by atoms with Gasteiger partial charge in [0.25, 0.3) is 0 Å². The smallest absolute Gasteiger partial charge is 0.179 e. The third-order valence-electron chi connectivity index (χ3n) is 8.42. The summed E-state index contributed by atoms with van der Waals surface area (Å²) < 4.78 is 6.06. The molecule has 1 aliphatic carbocycles. The van der Waals surface area contributed by atoms with E-state index in [9.17, 15) is 4.79 Å². The van der Waals surface area contributed by atoms with Gasteiger partial charge in [-0.05, 0) is 60.7 Å². The van der Waals surface area contributed by atoms with E-state index in [0.29, 0.717) is 0 Å². The summed E-state index contributed by atoms with van der Waals surface area (Å²) in [5.74, 6) is 0.617. The number of para-hydroxylation sites is 2. The van der Waals surface area contributed by atoms with Gasteiger partial charge in [0.1, 0.15) is 11.3 Å². The quantitative estimate of drug-likeness (QED) is 0.280. The number of thiophene rings is 1. The molecule has 2 saturated heterocycles. The van der Waals surface area contributed by atoms with Gasteiger partial charge in [-0.2, -0.15) is 0 Å². The summed E-state index contributed by atoms with van der Waals surface area (Å²) in [6.45, 7) is 0.915. The number of ketones is 1. The number of benzene rings is 2. The first-order chi connectivity index (χ1) is 17.8. The lowest BCUT2D eigenvalue weighted by atomic mass is 9.70. The molecule has 0 radical (unpaired) electrons. The van der Waals surface area contributed by atoms with Gasteiger partial charge in [0, 0.05) is 17.5 Å². The molecule has 36 heavy (non-hydrogen) atoms. The van der Waals surface area contributed by atoms with E-state index in [1.165, 1.54) is 11.3 Å². The second kappa shape index (κ2) is 7.45. The van der Waals surface area contributed by atoms with Crippen LogP contribution in [0.1, 0.15) is 45.4 Å². The Balaban J connectivity index is 1.49. The number of rotatable bonds is 3. The van der Waals surface area contributed by atoms with E-state index in [4.69, 9.17) is 14.4 Å². The van der Waals surface area contributed by atoms with E-state index in [-0.39, 0.29) is 23.7 Å². The topological polar surface area (TPSA) is 59.2 Å². The van der Waals surface area contributed by atoms with Crippen LogP contribution in [0.25, 0.3) is 22.3 Å². The van der Waals surface area contributed by atoms with E-state index in [0.717, 1.165) is 63.6 Å². The Bertz CT molecular complexity index is 1630. The molecule has 2 fully saturated rings. The summed E-state index contributed by atoms with van der Waals surface area (Å²) in [6.07, 6.45) is 3.85. The Kier molecular flexibility index (Phi) is 4.26. The lowest BCUT2D eigenvalue weighted by molar-refractivity contribution is 0.0782. The van der Waals surface area contributed by atoms with Crippen LogP contribution in [-0.4, -0.2) is 33.2 Å². The number of furan rings is 1. The Morgan fingerprint density at radius 1 is 0.972 bits per heavy atom. The first-order valence-electron chi connectivity index (χ1n) is 12.5. The summed E-state index contributed by atoms with van der Waals surface area (Å²) >= 11 is 1.52. The van der Waals surface area contributed by atoms with Crippen molar-refractivity contribution in [3.63, 3.8) is 0 Å². The maximum Gasteiger partial charge on any atom is 0.179 e. The summed E-state index contributed by atoms with van der Waals surface area (Å²) in [5, 5.41) is 1.99. The van der Waals surface area contributed by atoms with Crippen LogP contribution >= 0.6 is 11.3 Å². The molecule has 176 valence electrons. The Labute approximate surface area is 212 Å². The van der Waals surface area contributed by atoms with Crippen LogP contribution < -0.4 is 0 Å². The summed E-state index contributed by atoms with van der Waals surface area (Å²) in [6, 6.07) is 24.6. The van der Waals surface area contributed by atoms with Crippen molar-refractivity contribution in [2.75, 3.05) is 6.54 Å². The van der Waals surface area contributed by atoms with E-state index in [1.54, 1.807) is 6.26 Å². The average Bonchev–Trinajstić information content (AvgIpc) is 3.74. The van der Waals surface area contributed by atoms with Gasteiger partial charge in [0.05, 0.1) is 39.5 Å². The Morgan fingerprint density at radius 2 is 1.81 bits per heavy atom. The van der Waals surface area contributed by atoms with Crippen LogP contribution in [0.3, 0.4) is 0 Å². The summed E-state index contributed by atoms with van der Waals surface area (Å²) in [5.41, 5.74) is 5.09. The van der Waals surface area contributed by atoms with E-state index in [2.05, 4.69) is 29.2 Å². The van der Waals surface area contributed by atoms with Crippen LogP contribution in [0, 0.1) is 5.92 Å². The number of aromatic nitrogens is 2. The van der Waals surface area contributed by atoms with Gasteiger partial charge in [-0.1, -0.05) is 42.5 Å². The maximum atomic E-state index is 14.6. The van der Waals surface area contributed by atoms with Crippen molar-refractivity contribution < 1.29 is 9.21 Å². The molecule has 4 unspecified atom stereocenters. The molecule has 2 aromatic carbocycles. The van der Waals surface area contributed by atoms with Crippen LogP contribution in [0.2, 0.25) is 0 Å². The lowest BCUT2D eigenvalue weighted by Gasteiger charge is -2.39. The van der Waals surface area contributed by atoms with Crippen molar-refractivity contribution in [2.45, 2.75) is 30.3 Å². The van der Waals surface area contributed by atoms with Crippen molar-refractivity contribution >= 4 is 28.2 Å². The van der Waals surface area contributed by atoms with Gasteiger partial charge < -0.3 is 4.42 Å². The molecule has 0 bridgehead atoms. The molecule has 8 rings (SSSR count). The fourth-order valence-corrected chi connectivity index (χ4v) is 7.94. The molecule has 3 aromatic heterocycles. The fourth-order valence-electron chi connectivity index (χ4n) is 7.23. The average molecular weight is 490 g/mol. The normalized spacial score (nSPS) is 26.4. The zero-order valence-electron chi connectivity index (χ0n) is 19.5. The number of fused-ring (bicyclic) bond motifs is 8. The molecule has 0 N–H and O–H groups in total. The molecule has 0 amide bonds. The monoisotopic (exact) mass is 489 g/mol. The highest BCUT2D eigenvalue weighted by molar-refractivity contribution is 7.12. The third kappa shape index (κ3) is 2.50. The highest BCUT2D eigenvalue weighted by Crippen LogP contribution is 2.65. The van der Waals surface area contributed by atoms with Crippen molar-refractivity contribution in [2.24, 2.45) is 5.92 Å². The minimum atomic E-state index is -0.692. The highest BCUT2D eigenvalue weighted by atomic mass is 32.1. The standard InChI is InChI=1S/C30H23N3O2S/c34-28(24-14-7-17-36-24)26-25(23-13-6-16-35-23)22-12-5-15-33(22)30(26)19-9-2-1-8-18(19)27-29(30)32-21-11-4-3-10-20(21)31-27/h1-4,6-11,13-14,16-17,22,25-26H,5,12,15H2. The second-order valence-corrected chi connectivity index (χ2v) is 10.9. The molecule has 5 nitrogen and oxygen atoms in total. The number of nitrogens with zero attached hydrogens (tertiary/aromatic N) is 3. The maximum absolute atomic E-state index is 14.6. The third-order valence-corrected chi connectivity index (χ3v) is 9.30. The minimum Gasteiger partial charge on any atom is -0.469 e. The molecule has 3 aliphatic rings. The van der Waals surface area contributed by atoms with Gasteiger partial charge in [0.2, 0.25) is 0 Å². The van der Waals surface area contributed by atoms with Gasteiger partial charge in [-0.3, -0.25) is 9.69 Å². The van der Waals surface area contributed by atoms with Gasteiger partial charge in [-0.15, -0.1) is 11.3 Å². The molecule has 2 aliphatic heterocycles. The number of carbonyl (C=O) groups is 1. The second-order valence-electron chi connectivity index (χ2n) is 9.98. The molecule has 0 saturated carbocycles. The van der Waals surface area contributed by atoms with Crippen LogP contribution in [0.15, 0.2) is 88.9 Å². The number of carbonyl (C=O) groups excluding carboxylic acids is 1. The van der Waals surface area contributed by atoms with Crippen molar-refractivity contribution in [1.29, 1.82) is 0 Å². The van der Waals surface area contributed by atoms with E-state index >= 15 is 0 Å². The zero-order chi connectivity index (χ0) is 23.9. The first kappa shape index (κ1) is 20.6. The molecule has 4 atom stereocenters. The van der Waals surface area contributed by atoms with Gasteiger partial charge >= 0.3 is 0 Å². The van der Waals surface area contributed by atoms with Crippen LogP contribution in [-0.2, 0) is 5.54 Å². The largest absolute Gasteiger partial charge is 0.469 e. The van der Waals surface area contributed by atoms with Gasteiger partial charge in [0.15, 0.2) is 5.78 Å². The van der Waals surface area contributed by atoms with Gasteiger partial charge in [-0.25, -0.2) is 9.97 Å². The van der Waals surface area contributed by atoms with Crippen molar-refractivity contribution in [3.05, 3.63) is 106 Å². The van der Waals surface area contributed by atoms with Crippen molar-refractivity contribution in [1.82, 2.24) is 14.9 Å². The number of hydrogen-bond donors (Lipinski definition) is 0. The molecule has 5 heterocycles. The number of hydrogen-bond acceptors (Lipinski definition) is 6. The van der Waals surface area contributed by atoms with Crippen molar-refractivity contribution in [3.8, 4) is 11.3 Å². The fraction of sp³-hybridized carbons (Fsp3) is 0.233. The Hall–Kier alpha value is -3.61. The lowest BCUT2D eigenvalue weighted by Crippen LogP contribution is -2.48. The highest BCUT2D eigenvalue weighted by Gasteiger charge is 2.68. The zero-order valence-corrected chi connectivity index (χ0v) is 20.3. The minimum absolute atomic E-state index is 0.0654. The molecule has 5 aromatic rings. The van der Waals surface area contributed by atoms with Crippen LogP contribution in [0.4, 0.5) is 0 Å². The Morgan fingerprint density at radius 3 is 2.61 bits per heavy atom.